The van der Waals surface area contributed by atoms with E-state index in [1.807, 2.05) is 45.0 Å². The highest BCUT2D eigenvalue weighted by molar-refractivity contribution is 5.94. The number of rotatable bonds is 8. The standard InChI is InChI=1S/C29H28N4O5/c1-18(2)15-30-28(34)20-6-8-21(9-7-20)32-27-26(38-23-12-13-24-25(14-23)37-17-36-24)16-31-33(29(27)35)22-10-4-19(3)5-11-22/h4-14,16,18,32H,15,17H2,1-3H3,(H,30,34). The molecule has 0 aliphatic carbocycles. The molecule has 3 aromatic carbocycles. The summed E-state index contributed by atoms with van der Waals surface area (Å²) >= 11 is 0. The molecule has 1 aliphatic heterocycles. The number of nitrogens with zero attached hydrogens (tertiary/aromatic N) is 2. The number of aryl methyl sites for hydroxylation is 1. The van der Waals surface area contributed by atoms with E-state index >= 15 is 0 Å². The third-order valence-electron chi connectivity index (χ3n) is 5.88. The van der Waals surface area contributed by atoms with Crippen molar-refractivity contribution in [2.45, 2.75) is 20.8 Å². The number of amides is 1. The summed E-state index contributed by atoms with van der Waals surface area (Å²) in [5.74, 6) is 2.08. The van der Waals surface area contributed by atoms with Crippen molar-refractivity contribution in [2.24, 2.45) is 5.92 Å². The van der Waals surface area contributed by atoms with Crippen LogP contribution in [0.4, 0.5) is 11.4 Å². The van der Waals surface area contributed by atoms with Crippen LogP contribution in [0.3, 0.4) is 0 Å². The summed E-state index contributed by atoms with van der Waals surface area (Å²) in [6, 6.07) is 19.5. The summed E-state index contributed by atoms with van der Waals surface area (Å²) in [5.41, 5.74) is 2.62. The molecule has 0 saturated carbocycles. The molecule has 1 amide bonds. The second-order valence-electron chi connectivity index (χ2n) is 9.36. The van der Waals surface area contributed by atoms with Gasteiger partial charge in [0.05, 0.1) is 11.9 Å². The van der Waals surface area contributed by atoms with E-state index in [9.17, 15) is 9.59 Å². The third kappa shape index (κ3) is 5.46. The minimum absolute atomic E-state index is 0.144. The third-order valence-corrected chi connectivity index (χ3v) is 5.88. The number of ether oxygens (including phenoxy) is 3. The Kier molecular flexibility index (Phi) is 6.99. The molecule has 9 nitrogen and oxygen atoms in total. The maximum atomic E-state index is 13.6. The van der Waals surface area contributed by atoms with Gasteiger partial charge in [0, 0.05) is 23.9 Å². The van der Waals surface area contributed by atoms with Crippen LogP contribution in [0.2, 0.25) is 0 Å². The lowest BCUT2D eigenvalue weighted by atomic mass is 10.1. The Bertz CT molecular complexity index is 1510. The Balaban J connectivity index is 1.47. The number of fused-ring (bicyclic) bond motifs is 1. The highest BCUT2D eigenvalue weighted by Gasteiger charge is 2.18. The van der Waals surface area contributed by atoms with E-state index in [4.69, 9.17) is 14.2 Å². The maximum Gasteiger partial charge on any atom is 0.299 e. The van der Waals surface area contributed by atoms with Crippen molar-refractivity contribution >= 4 is 17.3 Å². The van der Waals surface area contributed by atoms with Gasteiger partial charge < -0.3 is 24.8 Å². The monoisotopic (exact) mass is 512 g/mol. The molecule has 0 unspecified atom stereocenters. The van der Waals surface area contributed by atoms with Gasteiger partial charge in [0.2, 0.25) is 6.79 Å². The second kappa shape index (κ2) is 10.7. The molecular formula is C29H28N4O5. The summed E-state index contributed by atoms with van der Waals surface area (Å²) in [6.45, 7) is 6.78. The van der Waals surface area contributed by atoms with Crippen LogP contribution in [0, 0.1) is 12.8 Å². The molecule has 2 heterocycles. The summed E-state index contributed by atoms with van der Waals surface area (Å²) in [5, 5.41) is 10.4. The predicted molar refractivity (Wildman–Crippen MR) is 144 cm³/mol. The predicted octanol–water partition coefficient (Wildman–Crippen LogP) is 5.19. The first kappa shape index (κ1) is 24.9. The van der Waals surface area contributed by atoms with Gasteiger partial charge >= 0.3 is 0 Å². The van der Waals surface area contributed by atoms with Crippen molar-refractivity contribution in [1.82, 2.24) is 15.1 Å². The number of aromatic nitrogens is 2. The van der Waals surface area contributed by atoms with Gasteiger partial charge in [-0.25, -0.2) is 0 Å². The molecule has 1 aliphatic rings. The van der Waals surface area contributed by atoms with Gasteiger partial charge in [-0.05, 0) is 61.4 Å². The van der Waals surface area contributed by atoms with E-state index in [2.05, 4.69) is 15.7 Å². The van der Waals surface area contributed by atoms with Crippen molar-refractivity contribution in [1.29, 1.82) is 0 Å². The number of carbonyl (C=O) groups excluding carboxylic acids is 1. The number of hydrogen-bond donors (Lipinski definition) is 2. The first-order valence-corrected chi connectivity index (χ1v) is 12.3. The number of carbonyl (C=O) groups is 1. The van der Waals surface area contributed by atoms with Gasteiger partial charge in [0.25, 0.3) is 11.5 Å². The zero-order chi connectivity index (χ0) is 26.6. The van der Waals surface area contributed by atoms with Crippen LogP contribution in [-0.4, -0.2) is 29.0 Å². The largest absolute Gasteiger partial charge is 0.454 e. The van der Waals surface area contributed by atoms with Gasteiger partial charge in [0.1, 0.15) is 5.75 Å². The van der Waals surface area contributed by atoms with Crippen molar-refractivity contribution < 1.29 is 19.0 Å². The minimum atomic E-state index is -0.397. The molecule has 2 N–H and O–H groups in total. The molecule has 4 aromatic rings. The lowest BCUT2D eigenvalue weighted by Gasteiger charge is -2.15. The molecule has 0 spiro atoms. The van der Waals surface area contributed by atoms with Crippen molar-refractivity contribution in [3.05, 3.63) is 94.4 Å². The molecule has 38 heavy (non-hydrogen) atoms. The maximum absolute atomic E-state index is 13.6. The molecule has 1 aromatic heterocycles. The van der Waals surface area contributed by atoms with E-state index in [1.54, 1.807) is 42.5 Å². The number of hydrogen-bond acceptors (Lipinski definition) is 7. The number of nitrogens with one attached hydrogen (secondary N) is 2. The van der Waals surface area contributed by atoms with E-state index in [0.29, 0.717) is 46.6 Å². The van der Waals surface area contributed by atoms with Crippen LogP contribution in [0.5, 0.6) is 23.0 Å². The fraction of sp³-hybridized carbons (Fsp3) is 0.207. The molecule has 0 saturated heterocycles. The van der Waals surface area contributed by atoms with Gasteiger partial charge in [-0.2, -0.15) is 9.78 Å². The first-order chi connectivity index (χ1) is 18.4. The highest BCUT2D eigenvalue weighted by Crippen LogP contribution is 2.37. The molecule has 0 radical (unpaired) electrons. The zero-order valence-electron chi connectivity index (χ0n) is 21.4. The Labute approximate surface area is 220 Å². The normalized spacial score (nSPS) is 11.9. The van der Waals surface area contributed by atoms with Gasteiger partial charge in [-0.15, -0.1) is 0 Å². The van der Waals surface area contributed by atoms with E-state index in [0.717, 1.165) is 5.56 Å². The van der Waals surface area contributed by atoms with Crippen molar-refractivity contribution in [3.8, 4) is 28.7 Å². The summed E-state index contributed by atoms with van der Waals surface area (Å²) in [6.07, 6.45) is 1.49. The molecule has 9 heteroatoms. The van der Waals surface area contributed by atoms with Crippen molar-refractivity contribution in [2.75, 3.05) is 18.7 Å². The SMILES string of the molecule is Cc1ccc(-n2ncc(Oc3ccc4c(c3)OCO4)c(Nc3ccc(C(=O)NCC(C)C)cc3)c2=O)cc1. The fourth-order valence-electron chi connectivity index (χ4n) is 3.82. The lowest BCUT2D eigenvalue weighted by molar-refractivity contribution is 0.0949. The van der Waals surface area contributed by atoms with Crippen LogP contribution >= 0.6 is 0 Å². The Morgan fingerprint density at radius 3 is 2.50 bits per heavy atom. The van der Waals surface area contributed by atoms with Crippen LogP contribution in [0.15, 0.2) is 77.7 Å². The number of benzene rings is 3. The second-order valence-corrected chi connectivity index (χ2v) is 9.36. The van der Waals surface area contributed by atoms with Crippen LogP contribution in [0.25, 0.3) is 5.69 Å². The quantitative estimate of drug-likeness (QED) is 0.335. The average molecular weight is 513 g/mol. The number of anilines is 2. The summed E-state index contributed by atoms with van der Waals surface area (Å²) < 4.78 is 18.2. The Morgan fingerprint density at radius 1 is 1.03 bits per heavy atom. The first-order valence-electron chi connectivity index (χ1n) is 12.3. The fourth-order valence-corrected chi connectivity index (χ4v) is 3.82. The van der Waals surface area contributed by atoms with Crippen LogP contribution in [0.1, 0.15) is 29.8 Å². The molecule has 194 valence electrons. The van der Waals surface area contributed by atoms with Gasteiger partial charge in [0.15, 0.2) is 22.9 Å². The average Bonchev–Trinajstić information content (AvgIpc) is 3.38. The van der Waals surface area contributed by atoms with Gasteiger partial charge in [-0.1, -0.05) is 31.5 Å². The summed E-state index contributed by atoms with van der Waals surface area (Å²) in [4.78, 5) is 26.0. The summed E-state index contributed by atoms with van der Waals surface area (Å²) in [7, 11) is 0. The van der Waals surface area contributed by atoms with Gasteiger partial charge in [-0.3, -0.25) is 9.59 Å². The molecule has 0 bridgehead atoms. The van der Waals surface area contributed by atoms with Crippen LogP contribution in [-0.2, 0) is 0 Å². The lowest BCUT2D eigenvalue weighted by Crippen LogP contribution is -2.27. The van der Waals surface area contributed by atoms with E-state index in [-0.39, 0.29) is 24.1 Å². The van der Waals surface area contributed by atoms with Crippen LogP contribution < -0.4 is 30.4 Å². The van der Waals surface area contributed by atoms with E-state index in [1.165, 1.54) is 10.9 Å². The Hall–Kier alpha value is -4.79. The highest BCUT2D eigenvalue weighted by atomic mass is 16.7. The topological polar surface area (TPSA) is 104 Å². The Morgan fingerprint density at radius 2 is 1.76 bits per heavy atom. The van der Waals surface area contributed by atoms with E-state index < -0.39 is 5.56 Å². The van der Waals surface area contributed by atoms with Crippen molar-refractivity contribution in [3.63, 3.8) is 0 Å². The molecule has 0 atom stereocenters. The molecule has 5 rings (SSSR count). The smallest absolute Gasteiger partial charge is 0.299 e. The molecule has 0 fully saturated rings. The zero-order valence-corrected chi connectivity index (χ0v) is 21.4. The minimum Gasteiger partial charge on any atom is -0.454 e. The molecular weight excluding hydrogens is 484 g/mol.